The Morgan fingerprint density at radius 3 is 2.37 bits per heavy atom. The van der Waals surface area contributed by atoms with Gasteiger partial charge in [-0.15, -0.1) is 0 Å². The highest BCUT2D eigenvalue weighted by molar-refractivity contribution is 5.64. The summed E-state index contributed by atoms with van der Waals surface area (Å²) in [7, 11) is 1.97. The Balaban J connectivity index is 1.98. The first-order valence-electron chi connectivity index (χ1n) is 6.81. The summed E-state index contributed by atoms with van der Waals surface area (Å²) >= 11 is 0. The van der Waals surface area contributed by atoms with Gasteiger partial charge in [-0.3, -0.25) is 0 Å². The van der Waals surface area contributed by atoms with Crippen LogP contribution in [0.2, 0.25) is 0 Å². The zero-order chi connectivity index (χ0) is 13.5. The van der Waals surface area contributed by atoms with Crippen LogP contribution in [0.5, 0.6) is 0 Å². The maximum Gasteiger partial charge on any atom is 0.0206 e. The summed E-state index contributed by atoms with van der Waals surface area (Å²) in [5, 5.41) is 6.54. The minimum Gasteiger partial charge on any atom is -0.318 e. The van der Waals surface area contributed by atoms with Crippen LogP contribution in [-0.2, 0) is 6.54 Å². The van der Waals surface area contributed by atoms with Crippen LogP contribution in [0.3, 0.4) is 0 Å². The molecule has 2 N–H and O–H groups in total. The van der Waals surface area contributed by atoms with Crippen molar-refractivity contribution in [1.82, 2.24) is 10.6 Å². The lowest BCUT2D eigenvalue weighted by atomic mass is 10.0. The van der Waals surface area contributed by atoms with Crippen LogP contribution >= 0.6 is 0 Å². The third-order valence-electron chi connectivity index (χ3n) is 3.19. The molecule has 0 aromatic heterocycles. The van der Waals surface area contributed by atoms with Gasteiger partial charge in [0.1, 0.15) is 0 Å². The summed E-state index contributed by atoms with van der Waals surface area (Å²) in [4.78, 5) is 0. The summed E-state index contributed by atoms with van der Waals surface area (Å²) < 4.78 is 0. The van der Waals surface area contributed by atoms with Crippen molar-refractivity contribution in [3.8, 4) is 11.1 Å². The van der Waals surface area contributed by atoms with Crippen LogP contribution in [0.1, 0.15) is 11.1 Å². The van der Waals surface area contributed by atoms with Gasteiger partial charge >= 0.3 is 0 Å². The van der Waals surface area contributed by atoms with Crippen molar-refractivity contribution in [2.45, 2.75) is 13.5 Å². The Kier molecular flexibility index (Phi) is 5.13. The Morgan fingerprint density at radius 2 is 1.68 bits per heavy atom. The summed E-state index contributed by atoms with van der Waals surface area (Å²) in [5.41, 5.74) is 5.19. The summed E-state index contributed by atoms with van der Waals surface area (Å²) in [6.45, 7) is 5.05. The molecular formula is C17H22N2. The van der Waals surface area contributed by atoms with E-state index >= 15 is 0 Å². The number of likely N-dealkylation sites (N-methyl/N-ethyl adjacent to an activating group) is 1. The van der Waals surface area contributed by atoms with E-state index in [-0.39, 0.29) is 0 Å². The standard InChI is InChI=1S/C17H22N2/c1-14-4-3-5-17(12-14)16-8-6-15(7-9-16)13-19-11-10-18-2/h3-9,12,18-19H,10-11,13H2,1-2H3. The number of aryl methyl sites for hydroxylation is 1. The molecule has 0 bridgehead atoms. The highest BCUT2D eigenvalue weighted by Crippen LogP contribution is 2.20. The van der Waals surface area contributed by atoms with E-state index in [1.165, 1.54) is 22.3 Å². The van der Waals surface area contributed by atoms with Crippen LogP contribution in [0.4, 0.5) is 0 Å². The molecular weight excluding hydrogens is 232 g/mol. The first kappa shape index (κ1) is 13.8. The molecule has 0 aliphatic rings. The van der Waals surface area contributed by atoms with Crippen molar-refractivity contribution >= 4 is 0 Å². The van der Waals surface area contributed by atoms with Gasteiger partial charge in [-0.05, 0) is 30.7 Å². The molecule has 0 saturated heterocycles. The Morgan fingerprint density at radius 1 is 0.895 bits per heavy atom. The molecule has 0 heterocycles. The molecule has 0 unspecified atom stereocenters. The van der Waals surface area contributed by atoms with Gasteiger partial charge in [0.25, 0.3) is 0 Å². The largest absolute Gasteiger partial charge is 0.318 e. The van der Waals surface area contributed by atoms with Gasteiger partial charge in [0, 0.05) is 19.6 Å². The molecule has 0 aliphatic carbocycles. The lowest BCUT2D eigenvalue weighted by Crippen LogP contribution is -2.24. The maximum atomic E-state index is 3.41. The van der Waals surface area contributed by atoms with Gasteiger partial charge in [0.15, 0.2) is 0 Å². The van der Waals surface area contributed by atoms with Gasteiger partial charge in [0.05, 0.1) is 0 Å². The second-order valence-corrected chi connectivity index (χ2v) is 4.85. The third kappa shape index (κ3) is 4.19. The zero-order valence-electron chi connectivity index (χ0n) is 11.7. The van der Waals surface area contributed by atoms with Gasteiger partial charge < -0.3 is 10.6 Å². The fourth-order valence-corrected chi connectivity index (χ4v) is 2.09. The highest BCUT2D eigenvalue weighted by Gasteiger charge is 1.98. The summed E-state index contributed by atoms with van der Waals surface area (Å²) in [6.07, 6.45) is 0. The van der Waals surface area contributed by atoms with E-state index < -0.39 is 0 Å². The van der Waals surface area contributed by atoms with Crippen molar-refractivity contribution in [1.29, 1.82) is 0 Å². The van der Waals surface area contributed by atoms with E-state index in [0.29, 0.717) is 0 Å². The van der Waals surface area contributed by atoms with Gasteiger partial charge in [-0.1, -0.05) is 54.1 Å². The normalized spacial score (nSPS) is 10.6. The Bertz CT molecular complexity index is 503. The average molecular weight is 254 g/mol. The topological polar surface area (TPSA) is 24.1 Å². The van der Waals surface area contributed by atoms with Crippen LogP contribution in [0.25, 0.3) is 11.1 Å². The van der Waals surface area contributed by atoms with Crippen molar-refractivity contribution in [2.24, 2.45) is 0 Å². The number of nitrogens with one attached hydrogen (secondary N) is 2. The van der Waals surface area contributed by atoms with E-state index in [1.807, 2.05) is 7.05 Å². The summed E-state index contributed by atoms with van der Waals surface area (Å²) in [6, 6.07) is 17.4. The molecule has 19 heavy (non-hydrogen) atoms. The predicted octanol–water partition coefficient (Wildman–Crippen LogP) is 2.97. The first-order chi connectivity index (χ1) is 9.29. The zero-order valence-corrected chi connectivity index (χ0v) is 11.7. The molecule has 2 heteroatoms. The third-order valence-corrected chi connectivity index (χ3v) is 3.19. The monoisotopic (exact) mass is 254 g/mol. The first-order valence-corrected chi connectivity index (χ1v) is 6.81. The molecule has 0 fully saturated rings. The van der Waals surface area contributed by atoms with Crippen molar-refractivity contribution in [2.75, 3.05) is 20.1 Å². The predicted molar refractivity (Wildman–Crippen MR) is 82.2 cm³/mol. The molecule has 2 aromatic carbocycles. The van der Waals surface area contributed by atoms with Crippen LogP contribution < -0.4 is 10.6 Å². The molecule has 2 rings (SSSR count). The lowest BCUT2D eigenvalue weighted by Gasteiger charge is -2.07. The second kappa shape index (κ2) is 7.07. The molecule has 0 amide bonds. The van der Waals surface area contributed by atoms with E-state index in [1.54, 1.807) is 0 Å². The molecule has 0 aliphatic heterocycles. The minimum atomic E-state index is 0.926. The molecule has 0 spiro atoms. The van der Waals surface area contributed by atoms with E-state index in [9.17, 15) is 0 Å². The SMILES string of the molecule is CNCCNCc1ccc(-c2cccc(C)c2)cc1. The van der Waals surface area contributed by atoms with Crippen molar-refractivity contribution in [3.63, 3.8) is 0 Å². The highest BCUT2D eigenvalue weighted by atomic mass is 14.9. The lowest BCUT2D eigenvalue weighted by molar-refractivity contribution is 0.651. The van der Waals surface area contributed by atoms with Crippen LogP contribution in [-0.4, -0.2) is 20.1 Å². The molecule has 2 aromatic rings. The van der Waals surface area contributed by atoms with E-state index in [0.717, 1.165) is 19.6 Å². The Labute approximate surface area is 115 Å². The smallest absolute Gasteiger partial charge is 0.0206 e. The number of benzene rings is 2. The van der Waals surface area contributed by atoms with Gasteiger partial charge in [-0.2, -0.15) is 0 Å². The minimum absolute atomic E-state index is 0.926. The van der Waals surface area contributed by atoms with Crippen LogP contribution in [0.15, 0.2) is 48.5 Å². The van der Waals surface area contributed by atoms with Crippen LogP contribution in [0, 0.1) is 6.92 Å². The summed E-state index contributed by atoms with van der Waals surface area (Å²) in [5.74, 6) is 0. The number of hydrogen-bond acceptors (Lipinski definition) is 2. The van der Waals surface area contributed by atoms with E-state index in [2.05, 4.69) is 66.1 Å². The quantitative estimate of drug-likeness (QED) is 0.774. The fraction of sp³-hybridized carbons (Fsp3) is 0.294. The Hall–Kier alpha value is -1.64. The maximum absolute atomic E-state index is 3.41. The molecule has 100 valence electrons. The molecule has 2 nitrogen and oxygen atoms in total. The molecule has 0 atom stereocenters. The number of hydrogen-bond donors (Lipinski definition) is 2. The van der Waals surface area contributed by atoms with Gasteiger partial charge in [-0.25, -0.2) is 0 Å². The van der Waals surface area contributed by atoms with Gasteiger partial charge in [0.2, 0.25) is 0 Å². The molecule has 0 saturated carbocycles. The fourth-order valence-electron chi connectivity index (χ4n) is 2.09. The second-order valence-electron chi connectivity index (χ2n) is 4.85. The average Bonchev–Trinajstić information content (AvgIpc) is 2.44. The van der Waals surface area contributed by atoms with E-state index in [4.69, 9.17) is 0 Å². The number of rotatable bonds is 6. The van der Waals surface area contributed by atoms with Crippen molar-refractivity contribution in [3.05, 3.63) is 59.7 Å². The molecule has 0 radical (unpaired) electrons. The van der Waals surface area contributed by atoms with Crippen molar-refractivity contribution < 1.29 is 0 Å².